The van der Waals surface area contributed by atoms with Gasteiger partial charge in [0.2, 0.25) is 5.91 Å². The van der Waals surface area contributed by atoms with Crippen molar-refractivity contribution >= 4 is 27.7 Å². The Morgan fingerprint density at radius 1 is 1.00 bits per heavy atom. The summed E-state index contributed by atoms with van der Waals surface area (Å²) in [6.07, 6.45) is -0.0313. The second kappa shape index (κ2) is 8.37. The van der Waals surface area contributed by atoms with Crippen LogP contribution in [0.2, 0.25) is 0 Å². The van der Waals surface area contributed by atoms with E-state index in [0.29, 0.717) is 11.8 Å². The summed E-state index contributed by atoms with van der Waals surface area (Å²) in [6, 6.07) is 7.65. The number of sulfonamides is 1. The van der Waals surface area contributed by atoms with Crippen LogP contribution in [0.5, 0.6) is 0 Å². The normalized spacial score (nSPS) is 11.3. The first-order chi connectivity index (χ1) is 11.8. The van der Waals surface area contributed by atoms with E-state index in [1.165, 1.54) is 23.9 Å². The lowest BCUT2D eigenvalue weighted by molar-refractivity contribution is -0.121. The van der Waals surface area contributed by atoms with Crippen LogP contribution in [0.15, 0.2) is 52.3 Å². The number of thioether (sulfide) groups is 1. The van der Waals surface area contributed by atoms with E-state index in [9.17, 15) is 26.4 Å². The molecular weight excluding hydrogens is 377 g/mol. The Balaban J connectivity index is 1.83. The average molecular weight is 390 g/mol. The number of carbonyl (C=O) groups excluding carboxylic acids is 1. The molecular formula is C15H13F3N2O3S2. The van der Waals surface area contributed by atoms with Gasteiger partial charge < -0.3 is 0 Å². The number of hydrazine groups is 1. The van der Waals surface area contributed by atoms with E-state index in [-0.39, 0.29) is 12.2 Å². The summed E-state index contributed by atoms with van der Waals surface area (Å²) in [5, 5.41) is 0. The zero-order valence-electron chi connectivity index (χ0n) is 12.6. The van der Waals surface area contributed by atoms with E-state index < -0.39 is 32.5 Å². The van der Waals surface area contributed by atoms with E-state index in [4.69, 9.17) is 0 Å². The van der Waals surface area contributed by atoms with Crippen LogP contribution in [-0.4, -0.2) is 20.1 Å². The molecule has 0 aromatic heterocycles. The maximum absolute atomic E-state index is 13.5. The molecule has 10 heteroatoms. The summed E-state index contributed by atoms with van der Waals surface area (Å²) in [6.45, 7) is 0. The number of rotatable bonds is 7. The lowest BCUT2D eigenvalue weighted by atomic mass is 10.3. The second-order valence-corrected chi connectivity index (χ2v) is 7.60. The SMILES string of the molecule is O=C(CCSc1ccc(F)cc1)NNS(=O)(=O)c1ccc(F)cc1F. The fraction of sp³-hybridized carbons (Fsp3) is 0.133. The molecule has 25 heavy (non-hydrogen) atoms. The van der Waals surface area contributed by atoms with E-state index in [1.54, 1.807) is 17.0 Å². The fourth-order valence-corrected chi connectivity index (χ4v) is 3.50. The third kappa shape index (κ3) is 5.76. The van der Waals surface area contributed by atoms with Crippen molar-refractivity contribution in [3.8, 4) is 0 Å². The van der Waals surface area contributed by atoms with Gasteiger partial charge in [0, 0.05) is 23.1 Å². The highest BCUT2D eigenvalue weighted by atomic mass is 32.2. The van der Waals surface area contributed by atoms with Crippen molar-refractivity contribution in [3.05, 3.63) is 59.9 Å². The number of carbonyl (C=O) groups is 1. The van der Waals surface area contributed by atoms with Gasteiger partial charge in [-0.25, -0.2) is 21.6 Å². The third-order valence-corrected chi connectivity index (χ3v) is 5.21. The molecule has 0 atom stereocenters. The topological polar surface area (TPSA) is 75.3 Å². The first-order valence-electron chi connectivity index (χ1n) is 6.92. The highest BCUT2D eigenvalue weighted by Crippen LogP contribution is 2.19. The minimum Gasteiger partial charge on any atom is -0.278 e. The first kappa shape index (κ1) is 19.3. The molecule has 0 aliphatic rings. The molecule has 0 bridgehead atoms. The second-order valence-electron chi connectivity index (χ2n) is 4.78. The predicted octanol–water partition coefficient (Wildman–Crippen LogP) is 2.60. The predicted molar refractivity (Wildman–Crippen MR) is 86.6 cm³/mol. The smallest absolute Gasteiger partial charge is 0.260 e. The maximum atomic E-state index is 13.5. The molecule has 0 fully saturated rings. The molecule has 134 valence electrons. The molecule has 5 nitrogen and oxygen atoms in total. The Labute approximate surface area is 146 Å². The van der Waals surface area contributed by atoms with Crippen LogP contribution in [0.25, 0.3) is 0 Å². The molecule has 0 spiro atoms. The zero-order chi connectivity index (χ0) is 18.4. The molecule has 0 saturated carbocycles. The monoisotopic (exact) mass is 390 g/mol. The van der Waals surface area contributed by atoms with Crippen LogP contribution in [-0.2, 0) is 14.8 Å². The van der Waals surface area contributed by atoms with E-state index in [2.05, 4.69) is 0 Å². The third-order valence-electron chi connectivity index (χ3n) is 2.92. The van der Waals surface area contributed by atoms with Crippen molar-refractivity contribution in [2.45, 2.75) is 16.2 Å². The summed E-state index contributed by atoms with van der Waals surface area (Å²) in [5.41, 5.74) is 1.95. The average Bonchev–Trinajstić information content (AvgIpc) is 2.54. The maximum Gasteiger partial charge on any atom is 0.260 e. The highest BCUT2D eigenvalue weighted by Gasteiger charge is 2.20. The largest absolute Gasteiger partial charge is 0.278 e. The fourth-order valence-electron chi connectivity index (χ4n) is 1.73. The van der Waals surface area contributed by atoms with Gasteiger partial charge in [0.25, 0.3) is 10.0 Å². The van der Waals surface area contributed by atoms with Gasteiger partial charge in [0.05, 0.1) is 0 Å². The summed E-state index contributed by atoms with van der Waals surface area (Å²) < 4.78 is 62.8. The van der Waals surface area contributed by atoms with Crippen molar-refractivity contribution in [3.63, 3.8) is 0 Å². The molecule has 2 aromatic carbocycles. The summed E-state index contributed by atoms with van der Waals surface area (Å²) in [4.78, 5) is 13.4. The molecule has 0 saturated heterocycles. The number of amides is 1. The van der Waals surface area contributed by atoms with Gasteiger partial charge in [0.15, 0.2) is 0 Å². The minimum atomic E-state index is -4.36. The van der Waals surface area contributed by atoms with Gasteiger partial charge >= 0.3 is 0 Å². The molecule has 1 amide bonds. The van der Waals surface area contributed by atoms with E-state index in [1.807, 2.05) is 5.43 Å². The summed E-state index contributed by atoms with van der Waals surface area (Å²) >= 11 is 1.28. The van der Waals surface area contributed by atoms with Gasteiger partial charge in [-0.15, -0.1) is 16.6 Å². The van der Waals surface area contributed by atoms with Crippen molar-refractivity contribution in [2.75, 3.05) is 5.75 Å². The van der Waals surface area contributed by atoms with Crippen LogP contribution in [0.3, 0.4) is 0 Å². The summed E-state index contributed by atoms with van der Waals surface area (Å²) in [5.74, 6) is -2.87. The lowest BCUT2D eigenvalue weighted by Gasteiger charge is -2.09. The van der Waals surface area contributed by atoms with Crippen molar-refractivity contribution in [1.29, 1.82) is 0 Å². The van der Waals surface area contributed by atoms with Crippen molar-refractivity contribution in [1.82, 2.24) is 10.3 Å². The summed E-state index contributed by atoms with van der Waals surface area (Å²) in [7, 11) is -4.36. The van der Waals surface area contributed by atoms with Crippen LogP contribution in [0, 0.1) is 17.5 Å². The number of hydrogen-bond donors (Lipinski definition) is 2. The molecule has 0 heterocycles. The van der Waals surface area contributed by atoms with E-state index in [0.717, 1.165) is 17.0 Å². The first-order valence-corrected chi connectivity index (χ1v) is 9.39. The molecule has 0 aliphatic carbocycles. The molecule has 0 aliphatic heterocycles. The number of hydrogen-bond acceptors (Lipinski definition) is 4. The Morgan fingerprint density at radius 2 is 1.64 bits per heavy atom. The van der Waals surface area contributed by atoms with E-state index >= 15 is 0 Å². The highest BCUT2D eigenvalue weighted by molar-refractivity contribution is 7.99. The minimum absolute atomic E-state index is 0.0313. The van der Waals surface area contributed by atoms with Crippen LogP contribution in [0.1, 0.15) is 6.42 Å². The van der Waals surface area contributed by atoms with Crippen molar-refractivity contribution in [2.24, 2.45) is 0 Å². The number of nitrogens with one attached hydrogen (secondary N) is 2. The quantitative estimate of drug-likeness (QED) is 0.563. The van der Waals surface area contributed by atoms with Crippen LogP contribution >= 0.6 is 11.8 Å². The van der Waals surface area contributed by atoms with Gasteiger partial charge in [-0.3, -0.25) is 10.2 Å². The van der Waals surface area contributed by atoms with Crippen molar-refractivity contribution < 1.29 is 26.4 Å². The Hall–Kier alpha value is -2.04. The van der Waals surface area contributed by atoms with Crippen LogP contribution < -0.4 is 10.3 Å². The molecule has 2 aromatic rings. The molecule has 2 N–H and O–H groups in total. The standard InChI is InChI=1S/C15H13F3N2O3S2/c16-10-1-4-12(5-2-10)24-8-7-15(21)19-20-25(22,23)14-6-3-11(17)9-13(14)18/h1-6,9,20H,7-8H2,(H,19,21). The van der Waals surface area contributed by atoms with Gasteiger partial charge in [-0.2, -0.15) is 0 Å². The number of halogens is 3. The Bertz CT molecular complexity index is 859. The molecule has 2 rings (SSSR count). The van der Waals surface area contributed by atoms with Gasteiger partial charge in [0.1, 0.15) is 22.3 Å². The van der Waals surface area contributed by atoms with Gasteiger partial charge in [-0.1, -0.05) is 0 Å². The number of benzene rings is 2. The molecule has 0 radical (unpaired) electrons. The zero-order valence-corrected chi connectivity index (χ0v) is 14.3. The lowest BCUT2D eigenvalue weighted by Crippen LogP contribution is -2.41. The van der Waals surface area contributed by atoms with Gasteiger partial charge in [-0.05, 0) is 36.4 Å². The molecule has 0 unspecified atom stereocenters. The Morgan fingerprint density at radius 3 is 2.28 bits per heavy atom. The Kier molecular flexibility index (Phi) is 6.45. The van der Waals surface area contributed by atoms with Crippen LogP contribution in [0.4, 0.5) is 13.2 Å².